The SMILES string of the molecule is Cc1cc(CNC(=S)NCC(C)C)on1. The van der Waals surface area contributed by atoms with Gasteiger partial charge in [0, 0.05) is 12.6 Å². The summed E-state index contributed by atoms with van der Waals surface area (Å²) < 4.78 is 5.04. The molecule has 0 atom stereocenters. The minimum Gasteiger partial charge on any atom is -0.362 e. The van der Waals surface area contributed by atoms with E-state index in [1.807, 2.05) is 13.0 Å². The van der Waals surface area contributed by atoms with E-state index in [-0.39, 0.29) is 0 Å². The molecule has 0 unspecified atom stereocenters. The van der Waals surface area contributed by atoms with Gasteiger partial charge in [0.15, 0.2) is 10.9 Å². The highest BCUT2D eigenvalue weighted by atomic mass is 32.1. The van der Waals surface area contributed by atoms with E-state index in [2.05, 4.69) is 29.6 Å². The smallest absolute Gasteiger partial charge is 0.166 e. The van der Waals surface area contributed by atoms with Crippen LogP contribution in [0.1, 0.15) is 25.3 Å². The van der Waals surface area contributed by atoms with Crippen LogP contribution in [-0.2, 0) is 6.54 Å². The van der Waals surface area contributed by atoms with Crippen LogP contribution < -0.4 is 10.6 Å². The Balaban J connectivity index is 2.22. The first-order valence-corrected chi connectivity index (χ1v) is 5.42. The lowest BCUT2D eigenvalue weighted by Gasteiger charge is -2.10. The van der Waals surface area contributed by atoms with E-state index in [1.54, 1.807) is 0 Å². The molecule has 0 saturated heterocycles. The number of hydrogen-bond donors (Lipinski definition) is 2. The monoisotopic (exact) mass is 227 g/mol. The lowest BCUT2D eigenvalue weighted by atomic mass is 10.2. The maximum absolute atomic E-state index is 5.09. The predicted octanol–water partition coefficient (Wildman–Crippen LogP) is 1.60. The third-order valence-electron chi connectivity index (χ3n) is 1.77. The Morgan fingerprint density at radius 1 is 1.53 bits per heavy atom. The zero-order valence-electron chi connectivity index (χ0n) is 9.33. The van der Waals surface area contributed by atoms with E-state index in [1.165, 1.54) is 0 Å². The van der Waals surface area contributed by atoms with Crippen molar-refractivity contribution in [3.8, 4) is 0 Å². The van der Waals surface area contributed by atoms with E-state index in [0.717, 1.165) is 18.0 Å². The number of nitrogens with zero attached hydrogens (tertiary/aromatic N) is 1. The Hall–Kier alpha value is -1.10. The van der Waals surface area contributed by atoms with Crippen LogP contribution in [0.5, 0.6) is 0 Å². The molecule has 0 aliphatic heterocycles. The van der Waals surface area contributed by atoms with Crippen LogP contribution in [0.4, 0.5) is 0 Å². The third kappa shape index (κ3) is 4.78. The summed E-state index contributed by atoms with van der Waals surface area (Å²) in [6, 6.07) is 1.89. The number of thiocarbonyl (C=S) groups is 1. The summed E-state index contributed by atoms with van der Waals surface area (Å²) in [5.41, 5.74) is 0.882. The highest BCUT2D eigenvalue weighted by molar-refractivity contribution is 7.80. The van der Waals surface area contributed by atoms with Gasteiger partial charge in [-0.05, 0) is 25.1 Å². The van der Waals surface area contributed by atoms with Gasteiger partial charge in [-0.3, -0.25) is 0 Å². The van der Waals surface area contributed by atoms with Crippen LogP contribution in [0.3, 0.4) is 0 Å². The van der Waals surface area contributed by atoms with E-state index >= 15 is 0 Å². The second kappa shape index (κ2) is 5.70. The van der Waals surface area contributed by atoms with Crippen LogP contribution >= 0.6 is 12.2 Å². The van der Waals surface area contributed by atoms with Gasteiger partial charge in [0.1, 0.15) is 0 Å². The Labute approximate surface area is 95.4 Å². The standard InChI is InChI=1S/C10H17N3OS/c1-7(2)5-11-10(15)12-6-9-4-8(3)13-14-9/h4,7H,5-6H2,1-3H3,(H2,11,12,15). The van der Waals surface area contributed by atoms with Gasteiger partial charge in [-0.2, -0.15) is 0 Å². The van der Waals surface area contributed by atoms with Gasteiger partial charge in [0.05, 0.1) is 12.2 Å². The first-order valence-electron chi connectivity index (χ1n) is 5.02. The largest absolute Gasteiger partial charge is 0.362 e. The molecule has 0 radical (unpaired) electrons. The summed E-state index contributed by atoms with van der Waals surface area (Å²) in [4.78, 5) is 0. The second-order valence-corrected chi connectivity index (χ2v) is 4.30. The summed E-state index contributed by atoms with van der Waals surface area (Å²) in [6.07, 6.45) is 0. The summed E-state index contributed by atoms with van der Waals surface area (Å²) in [7, 11) is 0. The average Bonchev–Trinajstić information content (AvgIpc) is 2.58. The molecule has 0 aliphatic rings. The molecule has 0 fully saturated rings. The lowest BCUT2D eigenvalue weighted by molar-refractivity contribution is 0.376. The molecule has 1 rings (SSSR count). The van der Waals surface area contributed by atoms with Crippen LogP contribution in [0.15, 0.2) is 10.6 Å². The normalized spacial score (nSPS) is 10.4. The fourth-order valence-electron chi connectivity index (χ4n) is 1.03. The van der Waals surface area contributed by atoms with Crippen LogP contribution in [-0.4, -0.2) is 16.8 Å². The Morgan fingerprint density at radius 3 is 2.80 bits per heavy atom. The molecule has 0 spiro atoms. The summed E-state index contributed by atoms with van der Waals surface area (Å²) in [5.74, 6) is 1.37. The number of aromatic nitrogens is 1. The van der Waals surface area contributed by atoms with Crippen molar-refractivity contribution < 1.29 is 4.52 Å². The van der Waals surface area contributed by atoms with Crippen LogP contribution in [0.2, 0.25) is 0 Å². The van der Waals surface area contributed by atoms with E-state index < -0.39 is 0 Å². The number of nitrogens with one attached hydrogen (secondary N) is 2. The molecule has 1 aromatic rings. The zero-order valence-corrected chi connectivity index (χ0v) is 10.1. The zero-order chi connectivity index (χ0) is 11.3. The van der Waals surface area contributed by atoms with Crippen molar-refractivity contribution in [2.75, 3.05) is 6.54 Å². The van der Waals surface area contributed by atoms with Gasteiger partial charge >= 0.3 is 0 Å². The third-order valence-corrected chi connectivity index (χ3v) is 2.06. The van der Waals surface area contributed by atoms with Crippen molar-refractivity contribution in [1.82, 2.24) is 15.8 Å². The van der Waals surface area contributed by atoms with Crippen molar-refractivity contribution >= 4 is 17.3 Å². The van der Waals surface area contributed by atoms with E-state index in [0.29, 0.717) is 17.6 Å². The lowest BCUT2D eigenvalue weighted by Crippen LogP contribution is -2.36. The molecule has 84 valence electrons. The molecular formula is C10H17N3OS. The average molecular weight is 227 g/mol. The van der Waals surface area contributed by atoms with Crippen molar-refractivity contribution in [3.63, 3.8) is 0 Å². The first-order chi connectivity index (χ1) is 7.08. The molecule has 0 amide bonds. The maximum Gasteiger partial charge on any atom is 0.166 e. The highest BCUT2D eigenvalue weighted by Crippen LogP contribution is 2.00. The van der Waals surface area contributed by atoms with Gasteiger partial charge in [0.25, 0.3) is 0 Å². The molecule has 0 aromatic carbocycles. The van der Waals surface area contributed by atoms with E-state index in [4.69, 9.17) is 16.7 Å². The Morgan fingerprint density at radius 2 is 2.27 bits per heavy atom. The molecule has 5 heteroatoms. The highest BCUT2D eigenvalue weighted by Gasteiger charge is 2.01. The number of aryl methyl sites for hydroxylation is 1. The fraction of sp³-hybridized carbons (Fsp3) is 0.600. The fourth-order valence-corrected chi connectivity index (χ4v) is 1.18. The predicted molar refractivity (Wildman–Crippen MR) is 63.5 cm³/mol. The quantitative estimate of drug-likeness (QED) is 0.765. The van der Waals surface area contributed by atoms with Crippen molar-refractivity contribution in [3.05, 3.63) is 17.5 Å². The van der Waals surface area contributed by atoms with Gasteiger partial charge < -0.3 is 15.2 Å². The summed E-state index contributed by atoms with van der Waals surface area (Å²) in [5, 5.41) is 10.6. The second-order valence-electron chi connectivity index (χ2n) is 3.89. The molecule has 2 N–H and O–H groups in total. The minimum atomic E-state index is 0.574. The molecule has 0 aliphatic carbocycles. The minimum absolute atomic E-state index is 0.574. The first kappa shape index (κ1) is 12.0. The Kier molecular flexibility index (Phi) is 4.55. The van der Waals surface area contributed by atoms with Gasteiger partial charge in [-0.15, -0.1) is 0 Å². The Bertz CT molecular complexity index is 322. The summed E-state index contributed by atoms with van der Waals surface area (Å²) in [6.45, 7) is 7.61. The van der Waals surface area contributed by atoms with E-state index in [9.17, 15) is 0 Å². The van der Waals surface area contributed by atoms with Crippen LogP contribution in [0, 0.1) is 12.8 Å². The van der Waals surface area contributed by atoms with Gasteiger partial charge in [-0.1, -0.05) is 19.0 Å². The molecule has 4 nitrogen and oxygen atoms in total. The maximum atomic E-state index is 5.09. The molecule has 0 bridgehead atoms. The van der Waals surface area contributed by atoms with Crippen molar-refractivity contribution in [2.45, 2.75) is 27.3 Å². The summed E-state index contributed by atoms with van der Waals surface area (Å²) >= 11 is 5.09. The molecule has 1 heterocycles. The number of rotatable bonds is 4. The molecule has 15 heavy (non-hydrogen) atoms. The molecule has 0 saturated carbocycles. The molecule has 1 aromatic heterocycles. The van der Waals surface area contributed by atoms with Gasteiger partial charge in [-0.25, -0.2) is 0 Å². The van der Waals surface area contributed by atoms with Crippen molar-refractivity contribution in [1.29, 1.82) is 0 Å². The topological polar surface area (TPSA) is 50.1 Å². The van der Waals surface area contributed by atoms with Gasteiger partial charge in [0.2, 0.25) is 0 Å². The van der Waals surface area contributed by atoms with Crippen molar-refractivity contribution in [2.24, 2.45) is 5.92 Å². The molecular weight excluding hydrogens is 210 g/mol. The van der Waals surface area contributed by atoms with Crippen LogP contribution in [0.25, 0.3) is 0 Å². The number of hydrogen-bond acceptors (Lipinski definition) is 3.